The van der Waals surface area contributed by atoms with E-state index in [0.29, 0.717) is 13.0 Å². The molecule has 5 heteroatoms. The van der Waals surface area contributed by atoms with Crippen LogP contribution < -0.4 is 10.1 Å². The van der Waals surface area contributed by atoms with Crippen molar-refractivity contribution in [2.75, 3.05) is 13.7 Å². The number of rotatable bonds is 5. The van der Waals surface area contributed by atoms with E-state index in [9.17, 15) is 13.6 Å². The lowest BCUT2D eigenvalue weighted by atomic mass is 10.1. The Bertz CT molecular complexity index is 644. The largest absolute Gasteiger partial charge is 0.497 e. The fraction of sp³-hybridized carbons (Fsp3) is 0.188. The summed E-state index contributed by atoms with van der Waals surface area (Å²) in [7, 11) is 1.58. The van der Waals surface area contributed by atoms with E-state index in [1.165, 1.54) is 0 Å². The molecule has 1 amide bonds. The van der Waals surface area contributed by atoms with Gasteiger partial charge >= 0.3 is 0 Å². The van der Waals surface area contributed by atoms with Gasteiger partial charge in [-0.1, -0.05) is 12.1 Å². The summed E-state index contributed by atoms with van der Waals surface area (Å²) in [6.07, 6.45) is 0.569. The highest BCUT2D eigenvalue weighted by atomic mass is 19.1. The van der Waals surface area contributed by atoms with Gasteiger partial charge in [-0.25, -0.2) is 8.78 Å². The second kappa shape index (κ2) is 6.83. The molecule has 0 saturated heterocycles. The molecule has 0 aliphatic rings. The molecule has 0 spiro atoms. The first-order chi connectivity index (χ1) is 10.1. The predicted octanol–water partition coefficient (Wildman–Crippen LogP) is 2.95. The van der Waals surface area contributed by atoms with Crippen molar-refractivity contribution in [1.29, 1.82) is 0 Å². The average molecular weight is 291 g/mol. The maximum Gasteiger partial charge on any atom is 0.254 e. The molecule has 0 atom stereocenters. The van der Waals surface area contributed by atoms with Crippen molar-refractivity contribution in [2.24, 2.45) is 0 Å². The van der Waals surface area contributed by atoms with Crippen molar-refractivity contribution in [3.8, 4) is 5.75 Å². The standard InChI is InChI=1S/C16H15F2NO2/c1-21-13-4-2-3-11(9-13)7-8-19-16(20)14-10-12(17)5-6-15(14)18/h2-6,9-10H,7-8H2,1H3,(H,19,20). The van der Waals surface area contributed by atoms with Crippen LogP contribution in [-0.2, 0) is 6.42 Å². The molecule has 0 unspecified atom stereocenters. The summed E-state index contributed by atoms with van der Waals surface area (Å²) in [6, 6.07) is 10.2. The molecule has 0 aromatic heterocycles. The number of halogens is 2. The minimum absolute atomic E-state index is 0.291. The first kappa shape index (κ1) is 15.0. The lowest BCUT2D eigenvalue weighted by Gasteiger charge is -2.07. The number of carbonyl (C=O) groups is 1. The Morgan fingerprint density at radius 3 is 2.76 bits per heavy atom. The number of nitrogens with one attached hydrogen (secondary N) is 1. The minimum atomic E-state index is -0.740. The first-order valence-electron chi connectivity index (χ1n) is 6.46. The lowest BCUT2D eigenvalue weighted by Crippen LogP contribution is -2.26. The fourth-order valence-corrected chi connectivity index (χ4v) is 1.92. The highest BCUT2D eigenvalue weighted by Crippen LogP contribution is 2.13. The zero-order valence-electron chi connectivity index (χ0n) is 11.5. The maximum atomic E-state index is 13.4. The fourth-order valence-electron chi connectivity index (χ4n) is 1.92. The highest BCUT2D eigenvalue weighted by Gasteiger charge is 2.12. The van der Waals surface area contributed by atoms with Crippen LogP contribution in [0.25, 0.3) is 0 Å². The summed E-state index contributed by atoms with van der Waals surface area (Å²) in [5, 5.41) is 2.57. The van der Waals surface area contributed by atoms with Crippen LogP contribution in [0, 0.1) is 11.6 Å². The Labute approximate surface area is 121 Å². The smallest absolute Gasteiger partial charge is 0.254 e. The number of ether oxygens (including phenoxy) is 1. The van der Waals surface area contributed by atoms with E-state index in [2.05, 4.69) is 5.32 Å². The summed E-state index contributed by atoms with van der Waals surface area (Å²) in [4.78, 5) is 11.8. The molecule has 110 valence electrons. The first-order valence-corrected chi connectivity index (χ1v) is 6.46. The topological polar surface area (TPSA) is 38.3 Å². The predicted molar refractivity (Wildman–Crippen MR) is 75.4 cm³/mol. The van der Waals surface area contributed by atoms with Crippen LogP contribution in [-0.4, -0.2) is 19.6 Å². The summed E-state index contributed by atoms with van der Waals surface area (Å²) in [5.74, 6) is -1.28. The van der Waals surface area contributed by atoms with E-state index in [1.807, 2.05) is 24.3 Å². The second-order valence-electron chi connectivity index (χ2n) is 4.48. The summed E-state index contributed by atoms with van der Waals surface area (Å²) in [5.41, 5.74) is 0.690. The molecule has 0 radical (unpaired) electrons. The quantitative estimate of drug-likeness (QED) is 0.920. The molecule has 0 bridgehead atoms. The van der Waals surface area contributed by atoms with E-state index >= 15 is 0 Å². The molecule has 0 fully saturated rings. The summed E-state index contributed by atoms with van der Waals surface area (Å²) in [6.45, 7) is 0.321. The zero-order chi connectivity index (χ0) is 15.2. The van der Waals surface area contributed by atoms with Crippen LogP contribution >= 0.6 is 0 Å². The molecule has 0 aliphatic carbocycles. The van der Waals surface area contributed by atoms with Crippen LogP contribution in [0.5, 0.6) is 5.75 Å². The molecule has 21 heavy (non-hydrogen) atoms. The molecule has 3 nitrogen and oxygen atoms in total. The molecule has 0 aliphatic heterocycles. The van der Waals surface area contributed by atoms with Crippen LogP contribution in [0.15, 0.2) is 42.5 Å². The lowest BCUT2D eigenvalue weighted by molar-refractivity contribution is 0.0949. The number of methoxy groups -OCH3 is 1. The molecule has 1 N–H and O–H groups in total. The Kier molecular flexibility index (Phi) is 4.87. The van der Waals surface area contributed by atoms with Gasteiger partial charge in [0.1, 0.15) is 17.4 Å². The summed E-state index contributed by atoms with van der Waals surface area (Å²) < 4.78 is 31.5. The Hall–Kier alpha value is -2.43. The van der Waals surface area contributed by atoms with Crippen molar-refractivity contribution in [2.45, 2.75) is 6.42 Å². The van der Waals surface area contributed by atoms with Gasteiger partial charge in [0.2, 0.25) is 0 Å². The van der Waals surface area contributed by atoms with Crippen molar-refractivity contribution >= 4 is 5.91 Å². The molecule has 0 saturated carbocycles. The average Bonchev–Trinajstić information content (AvgIpc) is 2.49. The Balaban J connectivity index is 1.93. The maximum absolute atomic E-state index is 13.4. The minimum Gasteiger partial charge on any atom is -0.497 e. The monoisotopic (exact) mass is 291 g/mol. The van der Waals surface area contributed by atoms with Gasteiger partial charge in [-0.15, -0.1) is 0 Å². The van der Waals surface area contributed by atoms with Gasteiger partial charge in [-0.2, -0.15) is 0 Å². The van der Waals surface area contributed by atoms with Gasteiger partial charge in [0.15, 0.2) is 0 Å². The highest BCUT2D eigenvalue weighted by molar-refractivity contribution is 5.94. The van der Waals surface area contributed by atoms with E-state index in [4.69, 9.17) is 4.74 Å². The number of benzene rings is 2. The van der Waals surface area contributed by atoms with E-state index in [1.54, 1.807) is 7.11 Å². The van der Waals surface area contributed by atoms with Crippen LogP contribution in [0.2, 0.25) is 0 Å². The third-order valence-electron chi connectivity index (χ3n) is 3.01. The van der Waals surface area contributed by atoms with Crippen molar-refractivity contribution in [3.63, 3.8) is 0 Å². The van der Waals surface area contributed by atoms with Crippen LogP contribution in [0.1, 0.15) is 15.9 Å². The van der Waals surface area contributed by atoms with E-state index < -0.39 is 17.5 Å². The third kappa shape index (κ3) is 4.02. The van der Waals surface area contributed by atoms with Gasteiger partial charge < -0.3 is 10.1 Å². The number of amides is 1. The Morgan fingerprint density at radius 2 is 2.00 bits per heavy atom. The third-order valence-corrected chi connectivity index (χ3v) is 3.01. The van der Waals surface area contributed by atoms with Crippen molar-refractivity contribution in [3.05, 3.63) is 65.2 Å². The van der Waals surface area contributed by atoms with E-state index in [-0.39, 0.29) is 5.56 Å². The number of carbonyl (C=O) groups excluding carboxylic acids is 1. The SMILES string of the molecule is COc1cccc(CCNC(=O)c2cc(F)ccc2F)c1. The van der Waals surface area contributed by atoms with Crippen molar-refractivity contribution in [1.82, 2.24) is 5.32 Å². The summed E-state index contributed by atoms with van der Waals surface area (Å²) >= 11 is 0. The van der Waals surface area contributed by atoms with Crippen molar-refractivity contribution < 1.29 is 18.3 Å². The normalized spacial score (nSPS) is 10.2. The number of hydrogen-bond acceptors (Lipinski definition) is 2. The zero-order valence-corrected chi connectivity index (χ0v) is 11.5. The molecule has 2 rings (SSSR count). The molecule has 0 heterocycles. The van der Waals surface area contributed by atoms with Crippen LogP contribution in [0.3, 0.4) is 0 Å². The van der Waals surface area contributed by atoms with Gasteiger partial charge in [-0.05, 0) is 42.3 Å². The van der Waals surface area contributed by atoms with Gasteiger partial charge in [0.25, 0.3) is 5.91 Å². The Morgan fingerprint density at radius 1 is 1.19 bits per heavy atom. The second-order valence-corrected chi connectivity index (χ2v) is 4.48. The molecular weight excluding hydrogens is 276 g/mol. The van der Waals surface area contributed by atoms with Gasteiger partial charge in [0.05, 0.1) is 12.7 Å². The number of hydrogen-bond donors (Lipinski definition) is 1. The van der Waals surface area contributed by atoms with E-state index in [0.717, 1.165) is 29.5 Å². The molecular formula is C16H15F2NO2. The molecule has 2 aromatic carbocycles. The molecule has 2 aromatic rings. The van der Waals surface area contributed by atoms with Crippen LogP contribution in [0.4, 0.5) is 8.78 Å². The van der Waals surface area contributed by atoms with Gasteiger partial charge in [0, 0.05) is 6.54 Å². The van der Waals surface area contributed by atoms with Gasteiger partial charge in [-0.3, -0.25) is 4.79 Å².